The lowest BCUT2D eigenvalue weighted by Crippen LogP contribution is -2.52. The molecule has 1 aromatic rings. The molecule has 1 aliphatic heterocycles. The largest absolute Gasteiger partial charge is 0.466 e. The van der Waals surface area contributed by atoms with Crippen LogP contribution in [0.2, 0.25) is 6.82 Å². The number of unbranched alkanes of at least 4 members (excludes halogenated alkanes) is 3. The first-order valence-corrected chi connectivity index (χ1v) is 11.6. The molecule has 1 aliphatic rings. The summed E-state index contributed by atoms with van der Waals surface area (Å²) in [6.45, 7) is 7.04. The van der Waals surface area contributed by atoms with Crippen molar-refractivity contribution in [2.75, 3.05) is 19.7 Å². The number of aromatic nitrogens is 2. The molecule has 32 heavy (non-hydrogen) atoms. The Morgan fingerprint density at radius 2 is 1.97 bits per heavy atom. The van der Waals surface area contributed by atoms with E-state index in [4.69, 9.17) is 4.74 Å². The van der Waals surface area contributed by atoms with E-state index in [-0.39, 0.29) is 17.8 Å². The van der Waals surface area contributed by atoms with Gasteiger partial charge in [-0.2, -0.15) is 0 Å². The number of guanidine groups is 1. The molecule has 0 aliphatic carbocycles. The van der Waals surface area contributed by atoms with Gasteiger partial charge in [-0.25, -0.2) is 9.97 Å². The Labute approximate surface area is 191 Å². The van der Waals surface area contributed by atoms with Gasteiger partial charge in [0.15, 0.2) is 5.96 Å². The quantitative estimate of drug-likeness (QED) is 0.288. The molecule has 2 rings (SSSR count). The van der Waals surface area contributed by atoms with Crippen LogP contribution in [-0.2, 0) is 14.3 Å². The number of nitrogens with one attached hydrogen (secondary N) is 1. The second kappa shape index (κ2) is 13.8. The van der Waals surface area contributed by atoms with Crippen molar-refractivity contribution < 1.29 is 19.3 Å². The third-order valence-electron chi connectivity index (χ3n) is 5.49. The Morgan fingerprint density at radius 3 is 2.66 bits per heavy atom. The van der Waals surface area contributed by atoms with Crippen LogP contribution in [0.5, 0.6) is 0 Å². The number of hydrogen-bond acceptors (Lipinski definition) is 8. The van der Waals surface area contributed by atoms with Gasteiger partial charge in [0.25, 0.3) is 0 Å². The Morgan fingerprint density at radius 1 is 1.25 bits per heavy atom. The number of aliphatic imine (C=N–C) groups is 1. The number of esters is 1. The van der Waals surface area contributed by atoms with Gasteiger partial charge in [-0.15, -0.1) is 0 Å². The van der Waals surface area contributed by atoms with E-state index in [0.717, 1.165) is 44.1 Å². The van der Waals surface area contributed by atoms with Gasteiger partial charge in [0, 0.05) is 31.9 Å². The number of aryl methyl sites for hydroxylation is 1. The highest BCUT2D eigenvalue weighted by atomic mass is 16.5. The molecule has 0 saturated carbocycles. The molecule has 9 nitrogen and oxygen atoms in total. The number of ether oxygens (including phenoxy) is 1. The lowest BCUT2D eigenvalue weighted by atomic mass is 9.84. The van der Waals surface area contributed by atoms with Crippen LogP contribution >= 0.6 is 0 Å². The number of hydrogen-bond donors (Lipinski definition) is 2. The van der Waals surface area contributed by atoms with Crippen molar-refractivity contribution in [2.24, 2.45) is 4.99 Å². The van der Waals surface area contributed by atoms with Gasteiger partial charge in [-0.3, -0.25) is 19.9 Å². The van der Waals surface area contributed by atoms with Gasteiger partial charge in [0.05, 0.1) is 13.0 Å². The number of nitrogens with zero attached hydrogens (tertiary/aromatic N) is 4. The minimum Gasteiger partial charge on any atom is -0.466 e. The van der Waals surface area contributed by atoms with Crippen LogP contribution in [0.3, 0.4) is 0 Å². The second-order valence-electron chi connectivity index (χ2n) is 8.15. The van der Waals surface area contributed by atoms with Crippen molar-refractivity contribution in [1.29, 1.82) is 0 Å². The first-order valence-electron chi connectivity index (χ1n) is 11.6. The molecule has 0 aromatic carbocycles. The van der Waals surface area contributed by atoms with Crippen LogP contribution in [0.1, 0.15) is 75.6 Å². The van der Waals surface area contributed by atoms with Crippen LogP contribution in [-0.4, -0.2) is 64.4 Å². The van der Waals surface area contributed by atoms with Crippen LogP contribution in [0, 0.1) is 6.92 Å². The van der Waals surface area contributed by atoms with Crippen molar-refractivity contribution in [3.63, 3.8) is 0 Å². The van der Waals surface area contributed by atoms with Crippen molar-refractivity contribution in [3.8, 4) is 0 Å². The molecular formula is C22H36BN5O4. The summed E-state index contributed by atoms with van der Waals surface area (Å²) in [6, 6.07) is 0. The zero-order chi connectivity index (χ0) is 23.3. The molecule has 176 valence electrons. The summed E-state index contributed by atoms with van der Waals surface area (Å²) in [5.74, 6) is 0.935. The molecule has 0 saturated heterocycles. The van der Waals surface area contributed by atoms with Crippen molar-refractivity contribution in [1.82, 2.24) is 20.1 Å². The lowest BCUT2D eigenvalue weighted by molar-refractivity contribution is -0.143. The summed E-state index contributed by atoms with van der Waals surface area (Å²) in [4.78, 5) is 38.8. The fourth-order valence-electron chi connectivity index (χ4n) is 3.74. The number of rotatable bonds is 12. The molecule has 0 unspecified atom stereocenters. The topological polar surface area (TPSA) is 117 Å². The highest BCUT2D eigenvalue weighted by Crippen LogP contribution is 2.26. The Balaban J connectivity index is 1.72. The maximum atomic E-state index is 12.3. The Hall–Kier alpha value is -2.49. The van der Waals surface area contributed by atoms with E-state index in [2.05, 4.69) is 20.3 Å². The van der Waals surface area contributed by atoms with E-state index in [1.54, 1.807) is 31.0 Å². The van der Waals surface area contributed by atoms with Gasteiger partial charge < -0.3 is 14.6 Å². The molecule has 0 spiro atoms. The normalized spacial score (nSPS) is 14.5. The highest BCUT2D eigenvalue weighted by molar-refractivity contribution is 6.49. The zero-order valence-corrected chi connectivity index (χ0v) is 19.5. The summed E-state index contributed by atoms with van der Waals surface area (Å²) >= 11 is 0. The molecule has 0 fully saturated rings. The maximum Gasteiger partial charge on any atom is 0.411 e. The molecule has 1 amide bonds. The summed E-state index contributed by atoms with van der Waals surface area (Å²) in [6.07, 6.45) is 9.67. The maximum absolute atomic E-state index is 12.3. The molecule has 1 atom stereocenters. The Bertz CT molecular complexity index is 757. The standard InChI is InChI=1S/C22H36BN5O4/c1-4-32-21(30)14-18(19-15-25-17(2)26-16-19)10-7-5-6-8-11-20(29)27-22-24-12-9-13-28(22)23(3)31/h15-16,18,31H,4-14H2,1-3H3,(H,24,27,29)/t18-/m0/s1. The minimum absolute atomic E-state index is 0.0358. The first-order chi connectivity index (χ1) is 15.4. The SMILES string of the molecule is CCOC(=O)C[C@H](CCCCCCC(=O)NC1=NCCCN1B(C)O)c1cnc(C)nc1. The van der Waals surface area contributed by atoms with Crippen LogP contribution in [0.15, 0.2) is 17.4 Å². The summed E-state index contributed by atoms with van der Waals surface area (Å²) < 4.78 is 5.12. The smallest absolute Gasteiger partial charge is 0.411 e. The summed E-state index contributed by atoms with van der Waals surface area (Å²) in [5, 5.41) is 12.6. The van der Waals surface area contributed by atoms with Gasteiger partial charge in [0.2, 0.25) is 5.91 Å². The van der Waals surface area contributed by atoms with Crippen LogP contribution in [0.4, 0.5) is 0 Å². The van der Waals surface area contributed by atoms with Crippen LogP contribution in [0.25, 0.3) is 0 Å². The van der Waals surface area contributed by atoms with Gasteiger partial charge in [-0.1, -0.05) is 19.3 Å². The average molecular weight is 445 g/mol. The lowest BCUT2D eigenvalue weighted by Gasteiger charge is -2.30. The van der Waals surface area contributed by atoms with E-state index in [1.165, 1.54) is 0 Å². The third kappa shape index (κ3) is 8.94. The predicted molar refractivity (Wildman–Crippen MR) is 124 cm³/mol. The Kier molecular flexibility index (Phi) is 11.1. The van der Waals surface area contributed by atoms with E-state index in [0.29, 0.717) is 44.3 Å². The van der Waals surface area contributed by atoms with Gasteiger partial charge in [-0.05, 0) is 51.4 Å². The fraction of sp³-hybridized carbons (Fsp3) is 0.682. The summed E-state index contributed by atoms with van der Waals surface area (Å²) in [5.41, 5.74) is 0.957. The predicted octanol–water partition coefficient (Wildman–Crippen LogP) is 2.45. The monoisotopic (exact) mass is 445 g/mol. The molecule has 2 heterocycles. The fourth-order valence-corrected chi connectivity index (χ4v) is 3.74. The van der Waals surface area contributed by atoms with E-state index in [9.17, 15) is 14.6 Å². The van der Waals surface area contributed by atoms with Crippen molar-refractivity contribution in [2.45, 2.75) is 78.0 Å². The van der Waals surface area contributed by atoms with Gasteiger partial charge in [0.1, 0.15) is 5.82 Å². The average Bonchev–Trinajstić information content (AvgIpc) is 2.76. The zero-order valence-electron chi connectivity index (χ0n) is 19.5. The number of carbonyl (C=O) groups is 2. The summed E-state index contributed by atoms with van der Waals surface area (Å²) in [7, 11) is -0.671. The van der Waals surface area contributed by atoms with Crippen molar-refractivity contribution >= 4 is 24.9 Å². The number of amides is 1. The third-order valence-corrected chi connectivity index (χ3v) is 5.49. The van der Waals surface area contributed by atoms with E-state index >= 15 is 0 Å². The number of carbonyl (C=O) groups excluding carboxylic acids is 2. The molecule has 0 radical (unpaired) electrons. The highest BCUT2D eigenvalue weighted by Gasteiger charge is 2.24. The molecule has 2 N–H and O–H groups in total. The minimum atomic E-state index is -0.671. The second-order valence-corrected chi connectivity index (χ2v) is 8.15. The van der Waals surface area contributed by atoms with E-state index < -0.39 is 7.05 Å². The van der Waals surface area contributed by atoms with E-state index in [1.807, 2.05) is 6.92 Å². The van der Waals surface area contributed by atoms with Crippen molar-refractivity contribution in [3.05, 3.63) is 23.8 Å². The molecular weight excluding hydrogens is 409 g/mol. The molecule has 1 aromatic heterocycles. The molecule has 0 bridgehead atoms. The van der Waals surface area contributed by atoms with Gasteiger partial charge >= 0.3 is 13.0 Å². The first kappa shape index (κ1) is 25.8. The van der Waals surface area contributed by atoms with Crippen LogP contribution < -0.4 is 5.32 Å². The molecule has 10 heteroatoms.